The highest BCUT2D eigenvalue weighted by Gasteiger charge is 2.56. The molecule has 1 saturated heterocycles. The van der Waals surface area contributed by atoms with Crippen LogP contribution in [-0.2, 0) is 46.2 Å². The molecule has 59 heavy (non-hydrogen) atoms. The minimum absolute atomic E-state index is 0.0393. The molecule has 4 heterocycles. The van der Waals surface area contributed by atoms with Crippen LogP contribution in [0.2, 0.25) is 0 Å². The van der Waals surface area contributed by atoms with Gasteiger partial charge in [-0.25, -0.2) is 14.1 Å². The van der Waals surface area contributed by atoms with Gasteiger partial charge in [-0.2, -0.15) is 18.3 Å². The van der Waals surface area contributed by atoms with Gasteiger partial charge in [-0.05, 0) is 37.1 Å². The van der Waals surface area contributed by atoms with E-state index in [1.807, 2.05) is 0 Å². The average Bonchev–Trinajstić information content (AvgIpc) is 3.76. The van der Waals surface area contributed by atoms with Crippen LogP contribution >= 0.6 is 7.82 Å². The zero-order valence-electron chi connectivity index (χ0n) is 34.4. The van der Waals surface area contributed by atoms with Gasteiger partial charge >= 0.3 is 14.0 Å². The first-order valence-corrected chi connectivity index (χ1v) is 22.5. The summed E-state index contributed by atoms with van der Waals surface area (Å²) in [6.07, 6.45) is 17.9. The molecular weight excluding hydrogens is 792 g/mol. The molecule has 0 saturated carbocycles. The van der Waals surface area contributed by atoms with E-state index < -0.39 is 62.9 Å². The number of nitrogens with zero attached hydrogens (tertiary/aromatic N) is 4. The van der Waals surface area contributed by atoms with E-state index >= 15 is 0 Å². The van der Waals surface area contributed by atoms with Crippen molar-refractivity contribution in [2.24, 2.45) is 0 Å². The van der Waals surface area contributed by atoms with Crippen molar-refractivity contribution in [3.8, 4) is 12.3 Å². The van der Waals surface area contributed by atoms with Crippen LogP contribution in [0.25, 0.3) is 5.52 Å². The fourth-order valence-electron chi connectivity index (χ4n) is 7.08. The van der Waals surface area contributed by atoms with E-state index in [0.717, 1.165) is 37.9 Å². The molecule has 1 unspecified atom stereocenters. The lowest BCUT2D eigenvalue weighted by atomic mass is 9.92. The van der Waals surface area contributed by atoms with Crippen molar-refractivity contribution in [2.45, 2.75) is 159 Å². The quantitative estimate of drug-likeness (QED) is 0.0347. The summed E-state index contributed by atoms with van der Waals surface area (Å²) in [5.74, 6) is 2.41. The number of alkyl halides is 3. The second-order valence-electron chi connectivity index (χ2n) is 15.3. The number of terminal acetylenes is 1. The maximum absolute atomic E-state index is 13.0. The summed E-state index contributed by atoms with van der Waals surface area (Å²) in [6, 6.07) is 5.34. The molecule has 3 aromatic heterocycles. The van der Waals surface area contributed by atoms with Gasteiger partial charge in [0.05, 0.1) is 43.3 Å². The highest BCUT2D eigenvalue weighted by atomic mass is 31.2. The first-order chi connectivity index (χ1) is 28.3. The van der Waals surface area contributed by atoms with Gasteiger partial charge in [-0.3, -0.25) is 14.0 Å². The summed E-state index contributed by atoms with van der Waals surface area (Å²) >= 11 is 0. The van der Waals surface area contributed by atoms with Gasteiger partial charge in [-0.1, -0.05) is 115 Å². The van der Waals surface area contributed by atoms with Crippen molar-refractivity contribution in [3.63, 3.8) is 0 Å². The lowest BCUT2D eigenvalue weighted by molar-refractivity contribution is -0.141. The Morgan fingerprint density at radius 1 is 0.915 bits per heavy atom. The Morgan fingerprint density at radius 3 is 2.12 bits per heavy atom. The van der Waals surface area contributed by atoms with Gasteiger partial charge in [0.25, 0.3) is 0 Å². The highest BCUT2D eigenvalue weighted by Crippen LogP contribution is 2.46. The lowest BCUT2D eigenvalue weighted by Gasteiger charge is -2.26. The third-order valence-corrected chi connectivity index (χ3v) is 11.5. The van der Waals surface area contributed by atoms with Gasteiger partial charge < -0.3 is 29.3 Å². The number of rotatable bonds is 29. The predicted octanol–water partition coefficient (Wildman–Crippen LogP) is 8.40. The number of aryl methyl sites for hydroxylation is 1. The third kappa shape index (κ3) is 15.2. The number of aliphatic hydroxyl groups excluding tert-OH is 2. The van der Waals surface area contributed by atoms with Crippen molar-refractivity contribution in [2.75, 3.05) is 26.4 Å². The summed E-state index contributed by atoms with van der Waals surface area (Å²) in [5, 5.41) is 26.1. The van der Waals surface area contributed by atoms with E-state index in [1.54, 1.807) is 19.1 Å². The maximum Gasteiger partial charge on any atom is 0.472 e. The molecule has 0 aromatic carbocycles. The van der Waals surface area contributed by atoms with Crippen LogP contribution in [0.3, 0.4) is 0 Å². The summed E-state index contributed by atoms with van der Waals surface area (Å²) in [6.45, 7) is 3.02. The maximum atomic E-state index is 13.0. The largest absolute Gasteiger partial charge is 0.472 e. The fourth-order valence-corrected chi connectivity index (χ4v) is 7.85. The summed E-state index contributed by atoms with van der Waals surface area (Å²) in [4.78, 5) is 18.2. The van der Waals surface area contributed by atoms with E-state index in [9.17, 15) is 32.8 Å². The van der Waals surface area contributed by atoms with Crippen LogP contribution < -0.4 is 0 Å². The smallest absolute Gasteiger partial charge is 0.387 e. The van der Waals surface area contributed by atoms with Crippen molar-refractivity contribution >= 4 is 13.3 Å². The molecule has 330 valence electrons. The minimum Gasteiger partial charge on any atom is -0.387 e. The second-order valence-corrected chi connectivity index (χ2v) is 16.7. The zero-order valence-corrected chi connectivity index (χ0v) is 35.3. The van der Waals surface area contributed by atoms with Gasteiger partial charge in [-0.15, -0.1) is 6.42 Å². The zero-order chi connectivity index (χ0) is 42.7. The normalized spacial score (nSPS) is 21.2. The van der Waals surface area contributed by atoms with Crippen LogP contribution in [0.4, 0.5) is 13.2 Å². The molecule has 0 radical (unpaired) electrons. The molecule has 13 nitrogen and oxygen atoms in total. The van der Waals surface area contributed by atoms with Gasteiger partial charge in [0, 0.05) is 12.8 Å². The number of hydrogen-bond acceptors (Lipinski definition) is 11. The molecule has 6 atom stereocenters. The predicted molar refractivity (Wildman–Crippen MR) is 215 cm³/mol. The average molecular weight is 855 g/mol. The molecule has 4 rings (SSSR count). The Labute approximate surface area is 346 Å². The number of phosphoric acid groups is 1. The SMILES string of the molecule is C#C[C@@]1(c2ccc3c(C)ncnn23)O[C@H](COP(=O)(O)OC[C@@H](COCCCCCCCCCCCCCCCCCC)OCc2ccc(C(F)(F)F)nc2)[C@@H](O)[C@H]1O. The van der Waals surface area contributed by atoms with Crippen molar-refractivity contribution in [1.82, 2.24) is 19.6 Å². The van der Waals surface area contributed by atoms with E-state index in [4.69, 9.17) is 29.7 Å². The van der Waals surface area contributed by atoms with Crippen LogP contribution in [0.15, 0.2) is 36.8 Å². The number of pyridine rings is 1. The minimum atomic E-state index is -4.82. The Balaban J connectivity index is 1.20. The van der Waals surface area contributed by atoms with Crippen LogP contribution in [0.5, 0.6) is 0 Å². The summed E-state index contributed by atoms with van der Waals surface area (Å²) in [5.41, 5.74) is -1.12. The molecule has 0 spiro atoms. The van der Waals surface area contributed by atoms with Crippen LogP contribution in [0.1, 0.15) is 132 Å². The first kappa shape index (κ1) is 48.7. The second kappa shape index (κ2) is 24.5. The molecule has 17 heteroatoms. The number of fused-ring (bicyclic) bond motifs is 1. The van der Waals surface area contributed by atoms with Crippen molar-refractivity contribution in [1.29, 1.82) is 0 Å². The fraction of sp³-hybridized carbons (Fsp3) is 0.690. The molecule has 1 aliphatic heterocycles. The van der Waals surface area contributed by atoms with Gasteiger partial charge in [0.15, 0.2) is 5.60 Å². The molecule has 0 amide bonds. The molecule has 0 bridgehead atoms. The van der Waals surface area contributed by atoms with Crippen LogP contribution in [-0.4, -0.2) is 85.5 Å². The van der Waals surface area contributed by atoms with Gasteiger partial charge in [0.2, 0.25) is 0 Å². The van der Waals surface area contributed by atoms with Crippen molar-refractivity contribution in [3.05, 3.63) is 59.4 Å². The lowest BCUT2D eigenvalue weighted by Crippen LogP contribution is -2.41. The molecule has 3 N–H and O–H groups in total. The number of hydrogen-bond donors (Lipinski definition) is 3. The molecule has 0 aliphatic carbocycles. The van der Waals surface area contributed by atoms with E-state index in [-0.39, 0.29) is 18.9 Å². The molecule has 1 aliphatic rings. The standard InChI is InChI=1S/C42H62F3N4O9P/c1-4-6-7-8-9-10-11-12-13-14-15-16-17-18-19-20-25-54-28-34(55-27-33-21-23-37(46-26-33)42(43,44)45)29-56-59(52,53)57-30-36-39(50)40(51)41(5-2,58-36)38-24-22-35-32(3)47-31-48-49(35)38/h2,21-24,26,31,34,36,39-40,50-51H,4,6-20,25,27-30H2,1,3H3,(H,52,53)/t34-,36-,39-,40-,41+/m1/s1. The Morgan fingerprint density at radius 2 is 1.54 bits per heavy atom. The molecule has 1 fully saturated rings. The number of phosphoric ester groups is 1. The number of ether oxygens (including phenoxy) is 3. The number of halogens is 3. The van der Waals surface area contributed by atoms with Crippen LogP contribution in [0, 0.1) is 19.3 Å². The molecule has 3 aromatic rings. The third-order valence-electron chi connectivity index (χ3n) is 10.6. The Bertz CT molecular complexity index is 1760. The monoisotopic (exact) mass is 854 g/mol. The van der Waals surface area contributed by atoms with E-state index in [2.05, 4.69) is 27.9 Å². The number of aliphatic hydroxyl groups is 2. The van der Waals surface area contributed by atoms with E-state index in [1.165, 1.54) is 94.0 Å². The summed E-state index contributed by atoms with van der Waals surface area (Å²) < 4.78 is 81.5. The van der Waals surface area contributed by atoms with Gasteiger partial charge in [0.1, 0.15) is 36.4 Å². The van der Waals surface area contributed by atoms with E-state index in [0.29, 0.717) is 23.4 Å². The Hall–Kier alpha value is -2.97. The topological polar surface area (TPSA) is 167 Å². The molecular formula is C42H62F3N4O9P. The first-order valence-electron chi connectivity index (χ1n) is 21.0. The Kier molecular flexibility index (Phi) is 20.2. The highest BCUT2D eigenvalue weighted by molar-refractivity contribution is 7.47. The number of unbranched alkanes of at least 4 members (excludes halogenated alkanes) is 15. The van der Waals surface area contributed by atoms with Crippen molar-refractivity contribution < 1.29 is 56.1 Å². The summed E-state index contributed by atoms with van der Waals surface area (Å²) in [7, 11) is -4.82. The number of aromatic nitrogens is 4.